The molecule has 0 radical (unpaired) electrons. The third-order valence-electron chi connectivity index (χ3n) is 4.17. The molecule has 0 unspecified atom stereocenters. The quantitative estimate of drug-likeness (QED) is 0.354. The highest BCUT2D eigenvalue weighted by Crippen LogP contribution is 2.13. The predicted octanol–water partition coefficient (Wildman–Crippen LogP) is 2.89. The van der Waals surface area contributed by atoms with Crippen LogP contribution in [0.25, 0.3) is 0 Å². The Balaban J connectivity index is 1.87. The average molecular weight is 409 g/mol. The molecule has 6 heteroatoms. The maximum absolute atomic E-state index is 12.4. The number of hydrogen-bond acceptors (Lipinski definition) is 4. The Labute approximate surface area is 157 Å². The largest absolute Gasteiger partial charge is 0.396 e. The zero-order chi connectivity index (χ0) is 18.1. The number of hydrogen-bond donors (Lipinski definition) is 2. The maximum Gasteiger partial charge on any atom is 0.222 e. The first kappa shape index (κ1) is 19.7. The third kappa shape index (κ3) is 6.63. The molecule has 2 rings (SSSR count). The number of nitrogens with one attached hydrogen (secondary N) is 1. The molecule has 1 aliphatic rings. The smallest absolute Gasteiger partial charge is 0.222 e. The van der Waals surface area contributed by atoms with Crippen molar-refractivity contribution in [3.8, 4) is 0 Å². The number of aliphatic hydroxyl groups excluding tert-OH is 1. The number of rotatable bonds is 10. The van der Waals surface area contributed by atoms with Crippen molar-refractivity contribution in [2.45, 2.75) is 32.1 Å². The van der Waals surface area contributed by atoms with E-state index in [1.54, 1.807) is 18.2 Å². The number of halogens is 1. The Morgan fingerprint density at radius 1 is 1.28 bits per heavy atom. The molecule has 2 N–H and O–H groups in total. The number of nitrogens with zero attached hydrogens (tertiary/aromatic N) is 1. The highest BCUT2D eigenvalue weighted by atomic mass is 79.9. The van der Waals surface area contributed by atoms with E-state index in [1.165, 1.54) is 0 Å². The van der Waals surface area contributed by atoms with Gasteiger partial charge < -0.3 is 15.3 Å². The number of benzene rings is 1. The number of amides is 1. The first-order valence-corrected chi connectivity index (χ1v) is 9.52. The van der Waals surface area contributed by atoms with Gasteiger partial charge in [0.15, 0.2) is 5.78 Å². The van der Waals surface area contributed by atoms with Gasteiger partial charge in [-0.05, 0) is 49.9 Å². The second-order valence-corrected chi connectivity index (χ2v) is 7.05. The number of carbonyl (C=O) groups is 2. The summed E-state index contributed by atoms with van der Waals surface area (Å²) in [6.45, 7) is 2.40. The van der Waals surface area contributed by atoms with Crippen molar-refractivity contribution in [1.82, 2.24) is 10.2 Å². The lowest BCUT2D eigenvalue weighted by Crippen LogP contribution is -2.28. The lowest BCUT2D eigenvalue weighted by molar-refractivity contribution is -0.127. The molecule has 0 bridgehead atoms. The van der Waals surface area contributed by atoms with Crippen molar-refractivity contribution in [3.63, 3.8) is 0 Å². The molecule has 136 valence electrons. The van der Waals surface area contributed by atoms with Crippen LogP contribution in [0, 0.1) is 0 Å². The second kappa shape index (κ2) is 10.4. The highest BCUT2D eigenvalue weighted by molar-refractivity contribution is 9.10. The van der Waals surface area contributed by atoms with Gasteiger partial charge in [0.2, 0.25) is 5.91 Å². The SMILES string of the molecule is O=C(/C=C(\CCCO)NCCCN1CCCC1=O)c1ccc(Br)cc1. The molecule has 1 aromatic rings. The monoisotopic (exact) mass is 408 g/mol. The molecule has 1 heterocycles. The van der Waals surface area contributed by atoms with Crippen LogP contribution in [-0.2, 0) is 4.79 Å². The lowest BCUT2D eigenvalue weighted by Gasteiger charge is -2.16. The van der Waals surface area contributed by atoms with Crippen molar-refractivity contribution in [2.75, 3.05) is 26.2 Å². The van der Waals surface area contributed by atoms with E-state index in [0.29, 0.717) is 31.4 Å². The van der Waals surface area contributed by atoms with Crippen LogP contribution >= 0.6 is 15.9 Å². The summed E-state index contributed by atoms with van der Waals surface area (Å²) < 4.78 is 0.933. The second-order valence-electron chi connectivity index (χ2n) is 6.13. The van der Waals surface area contributed by atoms with Gasteiger partial charge in [-0.3, -0.25) is 9.59 Å². The van der Waals surface area contributed by atoms with Crippen molar-refractivity contribution < 1.29 is 14.7 Å². The summed E-state index contributed by atoms with van der Waals surface area (Å²) >= 11 is 3.36. The average Bonchev–Trinajstić information content (AvgIpc) is 3.01. The maximum atomic E-state index is 12.4. The van der Waals surface area contributed by atoms with Crippen LogP contribution in [0.15, 0.2) is 40.5 Å². The molecule has 1 aromatic carbocycles. The molecule has 1 saturated heterocycles. The van der Waals surface area contributed by atoms with E-state index in [-0.39, 0.29) is 18.3 Å². The molecule has 5 nitrogen and oxygen atoms in total. The van der Waals surface area contributed by atoms with Gasteiger partial charge in [0, 0.05) is 54.5 Å². The summed E-state index contributed by atoms with van der Waals surface area (Å²) in [5.74, 6) is 0.184. The molecule has 0 atom stereocenters. The Morgan fingerprint density at radius 3 is 2.68 bits per heavy atom. The summed E-state index contributed by atoms with van der Waals surface area (Å²) in [7, 11) is 0. The molecular weight excluding hydrogens is 384 g/mol. The van der Waals surface area contributed by atoms with E-state index in [2.05, 4.69) is 21.2 Å². The number of likely N-dealkylation sites (tertiary alicyclic amines) is 1. The molecule has 1 fully saturated rings. The van der Waals surface area contributed by atoms with E-state index in [9.17, 15) is 9.59 Å². The van der Waals surface area contributed by atoms with Gasteiger partial charge in [-0.2, -0.15) is 0 Å². The van der Waals surface area contributed by atoms with Crippen LogP contribution < -0.4 is 5.32 Å². The molecule has 0 spiro atoms. The van der Waals surface area contributed by atoms with Gasteiger partial charge in [-0.25, -0.2) is 0 Å². The summed E-state index contributed by atoms with van der Waals surface area (Å²) in [5.41, 5.74) is 1.46. The van der Waals surface area contributed by atoms with Crippen LogP contribution in [0.1, 0.15) is 42.5 Å². The predicted molar refractivity (Wildman–Crippen MR) is 101 cm³/mol. The molecular formula is C19H25BrN2O3. The van der Waals surface area contributed by atoms with Crippen LogP contribution in [0.2, 0.25) is 0 Å². The van der Waals surface area contributed by atoms with Gasteiger partial charge in [0.05, 0.1) is 0 Å². The van der Waals surface area contributed by atoms with E-state index >= 15 is 0 Å². The van der Waals surface area contributed by atoms with Crippen LogP contribution in [0.4, 0.5) is 0 Å². The van der Waals surface area contributed by atoms with E-state index in [4.69, 9.17) is 5.11 Å². The van der Waals surface area contributed by atoms with E-state index in [1.807, 2.05) is 17.0 Å². The summed E-state index contributed by atoms with van der Waals surface area (Å²) in [4.78, 5) is 25.9. The summed E-state index contributed by atoms with van der Waals surface area (Å²) in [6, 6.07) is 7.25. The van der Waals surface area contributed by atoms with Crippen molar-refractivity contribution in [1.29, 1.82) is 0 Å². The Kier molecular flexibility index (Phi) is 8.15. The number of ketones is 1. The fourth-order valence-electron chi connectivity index (χ4n) is 2.80. The molecule has 25 heavy (non-hydrogen) atoms. The minimum Gasteiger partial charge on any atom is -0.396 e. The van der Waals surface area contributed by atoms with E-state index in [0.717, 1.165) is 36.1 Å². The number of allylic oxidation sites excluding steroid dienone is 2. The van der Waals surface area contributed by atoms with Gasteiger partial charge >= 0.3 is 0 Å². The first-order chi connectivity index (χ1) is 12.1. The molecule has 0 aromatic heterocycles. The van der Waals surface area contributed by atoms with Crippen LogP contribution in [0.5, 0.6) is 0 Å². The Hall–Kier alpha value is -1.66. The van der Waals surface area contributed by atoms with Crippen molar-refractivity contribution in [3.05, 3.63) is 46.1 Å². The minimum atomic E-state index is -0.0531. The standard InChI is InChI=1S/C19H25BrN2O3/c20-16-8-6-15(7-9-16)18(24)14-17(4-2-13-23)21-10-3-12-22-11-1-5-19(22)25/h6-9,14,21,23H,1-5,10-13H2/b17-14+. The van der Waals surface area contributed by atoms with Gasteiger partial charge in [-0.15, -0.1) is 0 Å². The minimum absolute atomic E-state index is 0.0531. The zero-order valence-corrected chi connectivity index (χ0v) is 15.9. The first-order valence-electron chi connectivity index (χ1n) is 8.73. The molecule has 0 aliphatic carbocycles. The fraction of sp³-hybridized carbons (Fsp3) is 0.474. The zero-order valence-electron chi connectivity index (χ0n) is 14.3. The Morgan fingerprint density at radius 2 is 2.04 bits per heavy atom. The highest BCUT2D eigenvalue weighted by Gasteiger charge is 2.18. The molecule has 0 saturated carbocycles. The van der Waals surface area contributed by atoms with E-state index < -0.39 is 0 Å². The van der Waals surface area contributed by atoms with Gasteiger partial charge in [0.1, 0.15) is 0 Å². The summed E-state index contributed by atoms with van der Waals surface area (Å²) in [5, 5.41) is 12.3. The fourth-order valence-corrected chi connectivity index (χ4v) is 3.06. The van der Waals surface area contributed by atoms with Crippen molar-refractivity contribution in [2.24, 2.45) is 0 Å². The Bertz CT molecular complexity index is 614. The normalized spacial score (nSPS) is 14.9. The molecule has 1 aliphatic heterocycles. The summed E-state index contributed by atoms with van der Waals surface area (Å²) in [6.07, 6.45) is 5.30. The lowest BCUT2D eigenvalue weighted by atomic mass is 10.1. The van der Waals surface area contributed by atoms with Crippen LogP contribution in [0.3, 0.4) is 0 Å². The van der Waals surface area contributed by atoms with Gasteiger partial charge in [0.25, 0.3) is 0 Å². The van der Waals surface area contributed by atoms with Gasteiger partial charge in [-0.1, -0.05) is 15.9 Å². The molecule has 1 amide bonds. The number of carbonyl (C=O) groups excluding carboxylic acids is 2. The van der Waals surface area contributed by atoms with Crippen molar-refractivity contribution >= 4 is 27.6 Å². The number of aliphatic hydroxyl groups is 1. The van der Waals surface area contributed by atoms with Crippen LogP contribution in [-0.4, -0.2) is 47.9 Å². The topological polar surface area (TPSA) is 69.6 Å². The third-order valence-corrected chi connectivity index (χ3v) is 4.70.